The van der Waals surface area contributed by atoms with Crippen LogP contribution in [-0.2, 0) is 17.8 Å². The summed E-state index contributed by atoms with van der Waals surface area (Å²) in [7, 11) is 3.53. The number of likely N-dealkylation sites (N-methyl/N-ethyl adjacent to an activating group) is 1. The summed E-state index contributed by atoms with van der Waals surface area (Å²) < 4.78 is 14.7. The van der Waals surface area contributed by atoms with E-state index in [1.807, 2.05) is 30.4 Å². The van der Waals surface area contributed by atoms with Gasteiger partial charge in [-0.15, -0.1) is 0 Å². The molecule has 0 saturated carbocycles. The Labute approximate surface area is 251 Å². The first-order valence-electron chi connectivity index (χ1n) is 14.7. The van der Waals surface area contributed by atoms with Crippen molar-refractivity contribution >= 4 is 34.8 Å². The maximum absolute atomic E-state index is 13.3. The molecule has 0 radical (unpaired) electrons. The summed E-state index contributed by atoms with van der Waals surface area (Å²) in [6, 6.07) is 4.74. The van der Waals surface area contributed by atoms with E-state index < -0.39 is 5.91 Å². The Kier molecular flexibility index (Phi) is 11.0. The lowest BCUT2D eigenvalue weighted by atomic mass is 10.1. The van der Waals surface area contributed by atoms with Crippen LogP contribution in [-0.4, -0.2) is 107 Å². The minimum absolute atomic E-state index is 0.107. The number of ether oxygens (including phenoxy) is 2. The largest absolute Gasteiger partial charge is 0.494 e. The Hall–Kier alpha value is -4.17. The van der Waals surface area contributed by atoms with Gasteiger partial charge in [0.1, 0.15) is 17.0 Å². The zero-order valence-electron chi connectivity index (χ0n) is 25.5. The molecule has 14 nitrogen and oxygen atoms in total. The fourth-order valence-corrected chi connectivity index (χ4v) is 5.07. The number of aryl methyl sites for hydroxylation is 3. The third-order valence-corrected chi connectivity index (χ3v) is 7.43. The van der Waals surface area contributed by atoms with Crippen LogP contribution in [0.4, 0.5) is 10.7 Å². The summed E-state index contributed by atoms with van der Waals surface area (Å²) in [5.74, 6) is -0.300. The highest BCUT2D eigenvalue weighted by molar-refractivity contribution is 6.04. The second kappa shape index (κ2) is 14.8. The van der Waals surface area contributed by atoms with Crippen molar-refractivity contribution in [2.24, 2.45) is 5.73 Å². The van der Waals surface area contributed by atoms with E-state index in [4.69, 9.17) is 15.2 Å². The molecule has 1 aromatic carbocycles. The fraction of sp³-hybridized carbons (Fsp3) is 0.552. The molecule has 3 aromatic rings. The summed E-state index contributed by atoms with van der Waals surface area (Å²) in [5, 5.41) is 10.3. The molecule has 0 aliphatic carbocycles. The number of aromatic nitrogens is 4. The van der Waals surface area contributed by atoms with Crippen LogP contribution in [0.3, 0.4) is 0 Å². The molecule has 0 bridgehead atoms. The topological polar surface area (TPSA) is 162 Å². The van der Waals surface area contributed by atoms with Crippen LogP contribution < -0.4 is 21.1 Å². The quantitative estimate of drug-likeness (QED) is 0.316. The molecule has 14 heteroatoms. The average Bonchev–Trinajstić information content (AvgIpc) is 3.53. The molecule has 4 rings (SSSR count). The van der Waals surface area contributed by atoms with Crippen molar-refractivity contribution in [1.29, 1.82) is 0 Å². The SMILES string of the molecule is CCn1nc(C)cc1C(=O)Nc1nc2cc(C(N)=O)cc(OC)c2n1CCCNC(=O)N1CCCCOCCN(C)CC1. The number of hydrogen-bond acceptors (Lipinski definition) is 8. The highest BCUT2D eigenvalue weighted by atomic mass is 16.5. The van der Waals surface area contributed by atoms with Crippen LogP contribution in [0.5, 0.6) is 5.75 Å². The van der Waals surface area contributed by atoms with Crippen molar-refractivity contribution in [3.63, 3.8) is 0 Å². The number of nitrogens with zero attached hydrogens (tertiary/aromatic N) is 6. The van der Waals surface area contributed by atoms with E-state index in [9.17, 15) is 14.4 Å². The molecule has 0 unspecified atom stereocenters. The highest BCUT2D eigenvalue weighted by Crippen LogP contribution is 2.31. The second-order valence-corrected chi connectivity index (χ2v) is 10.6. The lowest BCUT2D eigenvalue weighted by molar-refractivity contribution is 0.0995. The van der Waals surface area contributed by atoms with Gasteiger partial charge in [0, 0.05) is 58.0 Å². The number of primary amides is 1. The number of fused-ring (bicyclic) bond motifs is 1. The third kappa shape index (κ3) is 8.02. The van der Waals surface area contributed by atoms with Gasteiger partial charge in [-0.2, -0.15) is 5.10 Å². The fourth-order valence-electron chi connectivity index (χ4n) is 5.07. The highest BCUT2D eigenvalue weighted by Gasteiger charge is 2.22. The molecule has 1 aliphatic heterocycles. The first kappa shape index (κ1) is 31.8. The zero-order valence-corrected chi connectivity index (χ0v) is 25.5. The first-order chi connectivity index (χ1) is 20.7. The maximum atomic E-state index is 13.3. The molecular weight excluding hydrogens is 554 g/mol. The second-order valence-electron chi connectivity index (χ2n) is 10.6. The molecule has 2 aromatic heterocycles. The number of methoxy groups -OCH3 is 1. The lowest BCUT2D eigenvalue weighted by Crippen LogP contribution is -2.44. The van der Waals surface area contributed by atoms with Crippen LogP contribution >= 0.6 is 0 Å². The number of rotatable bonds is 9. The summed E-state index contributed by atoms with van der Waals surface area (Å²) >= 11 is 0. The summed E-state index contributed by atoms with van der Waals surface area (Å²) in [5.41, 5.74) is 7.97. The van der Waals surface area contributed by atoms with Crippen molar-refractivity contribution in [2.75, 3.05) is 65.4 Å². The number of carbonyl (C=O) groups is 3. The van der Waals surface area contributed by atoms with E-state index in [0.717, 1.165) is 31.6 Å². The van der Waals surface area contributed by atoms with Crippen LogP contribution in [0.15, 0.2) is 18.2 Å². The number of nitrogens with two attached hydrogens (primary N) is 1. The van der Waals surface area contributed by atoms with E-state index in [1.165, 1.54) is 7.11 Å². The van der Waals surface area contributed by atoms with Crippen LogP contribution in [0.25, 0.3) is 11.0 Å². The third-order valence-electron chi connectivity index (χ3n) is 7.43. The first-order valence-corrected chi connectivity index (χ1v) is 14.7. The van der Waals surface area contributed by atoms with Gasteiger partial charge in [-0.25, -0.2) is 9.78 Å². The van der Waals surface area contributed by atoms with Gasteiger partial charge in [0.2, 0.25) is 11.9 Å². The summed E-state index contributed by atoms with van der Waals surface area (Å²) in [4.78, 5) is 47.0. The number of anilines is 1. The smallest absolute Gasteiger partial charge is 0.317 e. The Bertz CT molecular complexity index is 1430. The molecule has 3 heterocycles. The van der Waals surface area contributed by atoms with Gasteiger partial charge in [-0.1, -0.05) is 0 Å². The zero-order chi connectivity index (χ0) is 30.9. The molecule has 1 aliphatic rings. The number of nitrogens with one attached hydrogen (secondary N) is 2. The van der Waals surface area contributed by atoms with Gasteiger partial charge in [-0.3, -0.25) is 19.6 Å². The van der Waals surface area contributed by atoms with Gasteiger partial charge in [0.25, 0.3) is 5.91 Å². The normalized spacial score (nSPS) is 15.2. The standard InChI is InChI=1S/C29H43N9O5/c1-5-38-23(17-20(2)34-38)27(40)33-28-32-22-18-21(26(30)39)19-24(42-4)25(22)37(28)11-8-9-31-29(41)36-10-6-7-15-43-16-14-35(3)12-13-36/h17-19H,5-16H2,1-4H3,(H2,30,39)(H,31,41)(H,32,33,40). The van der Waals surface area contributed by atoms with E-state index in [0.29, 0.717) is 74.8 Å². The van der Waals surface area contributed by atoms with Crippen molar-refractivity contribution in [3.05, 3.63) is 35.2 Å². The van der Waals surface area contributed by atoms with Crippen molar-refractivity contribution < 1.29 is 23.9 Å². The summed E-state index contributed by atoms with van der Waals surface area (Å²) in [6.07, 6.45) is 2.34. The molecule has 1 saturated heterocycles. The Morgan fingerprint density at radius 1 is 1.09 bits per heavy atom. The van der Waals surface area contributed by atoms with E-state index in [2.05, 4.69) is 25.6 Å². The van der Waals surface area contributed by atoms with Crippen LogP contribution in [0.1, 0.15) is 52.7 Å². The van der Waals surface area contributed by atoms with Gasteiger partial charge in [-0.05, 0) is 58.4 Å². The number of benzene rings is 1. The molecule has 4 amide bonds. The molecular formula is C29H43N9O5. The summed E-state index contributed by atoms with van der Waals surface area (Å²) in [6.45, 7) is 9.38. The number of carbonyl (C=O) groups excluding carboxylic acids is 3. The van der Waals surface area contributed by atoms with Gasteiger partial charge in [0.05, 0.1) is 24.9 Å². The number of urea groups is 1. The van der Waals surface area contributed by atoms with E-state index in [1.54, 1.807) is 22.9 Å². The molecule has 234 valence electrons. The van der Waals surface area contributed by atoms with Crippen LogP contribution in [0.2, 0.25) is 0 Å². The Morgan fingerprint density at radius 2 is 1.91 bits per heavy atom. The van der Waals surface area contributed by atoms with Gasteiger partial charge in [0.15, 0.2) is 0 Å². The van der Waals surface area contributed by atoms with Crippen molar-refractivity contribution in [3.8, 4) is 5.75 Å². The predicted octanol–water partition coefficient (Wildman–Crippen LogP) is 2.06. The minimum Gasteiger partial charge on any atom is -0.494 e. The molecule has 0 atom stereocenters. The van der Waals surface area contributed by atoms with Gasteiger partial charge >= 0.3 is 6.03 Å². The van der Waals surface area contributed by atoms with Crippen molar-refractivity contribution in [1.82, 2.24) is 34.4 Å². The number of imidazole rings is 1. The van der Waals surface area contributed by atoms with E-state index in [-0.39, 0.29) is 23.5 Å². The molecule has 4 N–H and O–H groups in total. The van der Waals surface area contributed by atoms with Gasteiger partial charge < -0.3 is 34.9 Å². The number of amides is 4. The van der Waals surface area contributed by atoms with Crippen LogP contribution in [0, 0.1) is 6.92 Å². The Morgan fingerprint density at radius 3 is 2.65 bits per heavy atom. The molecule has 43 heavy (non-hydrogen) atoms. The lowest BCUT2D eigenvalue weighted by Gasteiger charge is -2.25. The number of hydrogen-bond donors (Lipinski definition) is 3. The molecule has 0 spiro atoms. The van der Waals surface area contributed by atoms with Crippen molar-refractivity contribution in [2.45, 2.75) is 46.2 Å². The monoisotopic (exact) mass is 597 g/mol. The minimum atomic E-state index is -0.616. The van der Waals surface area contributed by atoms with E-state index >= 15 is 0 Å². The maximum Gasteiger partial charge on any atom is 0.317 e. The predicted molar refractivity (Wildman–Crippen MR) is 163 cm³/mol. The Balaban J connectivity index is 1.51. The molecule has 1 fully saturated rings. The average molecular weight is 598 g/mol.